The summed E-state index contributed by atoms with van der Waals surface area (Å²) in [7, 11) is -1.39. The SMILES string of the molecule is Cc1ccc(-c2csc(N(C)c3c(C=O)nc4ccc(C5=CCN(S(C)(=O)=O)CC5)nn34)n2)cc1. The minimum absolute atomic E-state index is 0.269. The van der Waals surface area contributed by atoms with Crippen molar-refractivity contribution in [2.45, 2.75) is 13.3 Å². The van der Waals surface area contributed by atoms with Crippen LogP contribution in [0.25, 0.3) is 22.5 Å². The number of nitrogens with zero attached hydrogens (tertiary/aromatic N) is 6. The van der Waals surface area contributed by atoms with Crippen LogP contribution < -0.4 is 4.90 Å². The molecule has 0 atom stereocenters. The average Bonchev–Trinajstić information content (AvgIpc) is 3.48. The number of aryl methyl sites for hydroxylation is 1. The van der Waals surface area contributed by atoms with Crippen molar-refractivity contribution in [2.75, 3.05) is 31.3 Å². The van der Waals surface area contributed by atoms with Gasteiger partial charge in [-0.1, -0.05) is 35.9 Å². The largest absolute Gasteiger partial charge is 0.303 e. The van der Waals surface area contributed by atoms with Crippen LogP contribution in [0, 0.1) is 6.92 Å². The van der Waals surface area contributed by atoms with Gasteiger partial charge in [0.25, 0.3) is 0 Å². The van der Waals surface area contributed by atoms with E-state index in [4.69, 9.17) is 10.1 Å². The Bertz CT molecular complexity index is 1550. The molecule has 0 fully saturated rings. The van der Waals surface area contributed by atoms with Crippen molar-refractivity contribution in [3.05, 3.63) is 64.8 Å². The number of aromatic nitrogens is 4. The summed E-state index contributed by atoms with van der Waals surface area (Å²) in [5.41, 5.74) is 5.55. The van der Waals surface area contributed by atoms with Crippen molar-refractivity contribution < 1.29 is 13.2 Å². The van der Waals surface area contributed by atoms with Gasteiger partial charge in [-0.05, 0) is 31.1 Å². The van der Waals surface area contributed by atoms with Crippen LogP contribution >= 0.6 is 11.3 Å². The van der Waals surface area contributed by atoms with Gasteiger partial charge in [-0.2, -0.15) is 13.9 Å². The molecule has 9 nitrogen and oxygen atoms in total. The van der Waals surface area contributed by atoms with E-state index in [9.17, 15) is 13.2 Å². The van der Waals surface area contributed by atoms with Crippen LogP contribution in [0.5, 0.6) is 0 Å². The number of imidazole rings is 1. The summed E-state index contributed by atoms with van der Waals surface area (Å²) in [5.74, 6) is 0.524. The lowest BCUT2D eigenvalue weighted by Gasteiger charge is -2.24. The molecule has 1 aromatic carbocycles. The molecule has 4 aromatic rings. The molecule has 0 radical (unpaired) electrons. The highest BCUT2D eigenvalue weighted by Crippen LogP contribution is 2.33. The van der Waals surface area contributed by atoms with Gasteiger partial charge in [0.1, 0.15) is 5.69 Å². The van der Waals surface area contributed by atoms with E-state index in [0.29, 0.717) is 36.1 Å². The lowest BCUT2D eigenvalue weighted by atomic mass is 10.1. The zero-order chi connectivity index (χ0) is 24.7. The second-order valence-corrected chi connectivity index (χ2v) is 11.3. The van der Waals surface area contributed by atoms with Crippen molar-refractivity contribution in [3.8, 4) is 11.3 Å². The van der Waals surface area contributed by atoms with Gasteiger partial charge in [0.15, 0.2) is 22.9 Å². The third kappa shape index (κ3) is 4.49. The third-order valence-electron chi connectivity index (χ3n) is 6.01. The average molecular weight is 509 g/mol. The van der Waals surface area contributed by atoms with Crippen LogP contribution in [0.4, 0.5) is 10.9 Å². The Morgan fingerprint density at radius 1 is 1.09 bits per heavy atom. The lowest BCUT2D eigenvalue weighted by molar-refractivity contribution is 0.112. The molecule has 35 heavy (non-hydrogen) atoms. The van der Waals surface area contributed by atoms with Crippen LogP contribution in [-0.2, 0) is 10.0 Å². The van der Waals surface area contributed by atoms with Gasteiger partial charge in [-0.15, -0.1) is 11.3 Å². The van der Waals surface area contributed by atoms with Crippen molar-refractivity contribution >= 4 is 49.8 Å². The number of carbonyl (C=O) groups excluding carboxylic acids is 1. The molecule has 0 aliphatic carbocycles. The number of anilines is 2. The van der Waals surface area contributed by atoms with Crippen LogP contribution in [-0.4, -0.2) is 65.0 Å². The fourth-order valence-electron chi connectivity index (χ4n) is 4.05. The van der Waals surface area contributed by atoms with Gasteiger partial charge in [0.05, 0.1) is 17.6 Å². The predicted molar refractivity (Wildman–Crippen MR) is 138 cm³/mol. The Labute approximate surface area is 207 Å². The molecule has 0 saturated heterocycles. The van der Waals surface area contributed by atoms with E-state index in [1.165, 1.54) is 27.5 Å². The van der Waals surface area contributed by atoms with Gasteiger partial charge in [-0.3, -0.25) is 4.79 Å². The fourth-order valence-corrected chi connectivity index (χ4v) is 5.62. The molecular formula is C24H24N6O3S2. The number of aldehydes is 1. The fraction of sp³-hybridized carbons (Fsp3) is 0.250. The molecule has 1 aliphatic rings. The van der Waals surface area contributed by atoms with E-state index in [2.05, 4.69) is 4.98 Å². The third-order valence-corrected chi connectivity index (χ3v) is 8.19. The van der Waals surface area contributed by atoms with Crippen molar-refractivity contribution in [3.63, 3.8) is 0 Å². The highest BCUT2D eigenvalue weighted by Gasteiger charge is 2.23. The van der Waals surface area contributed by atoms with E-state index in [1.807, 2.05) is 66.7 Å². The number of rotatable bonds is 6. The number of carbonyl (C=O) groups is 1. The molecule has 11 heteroatoms. The quantitative estimate of drug-likeness (QED) is 0.365. The van der Waals surface area contributed by atoms with Crippen molar-refractivity contribution in [2.24, 2.45) is 0 Å². The standard InChI is InChI=1S/C24H24N6O3S2/c1-16-4-6-17(7-5-16)21-15-34-24(26-21)28(2)23-20(14-31)25-22-9-8-19(27-30(22)23)18-10-12-29(13-11-18)35(3,32)33/h4-10,14-15H,11-13H2,1-3H3. The summed E-state index contributed by atoms with van der Waals surface area (Å²) in [5, 5.41) is 7.46. The Hall–Kier alpha value is -3.41. The molecule has 1 aliphatic heterocycles. The first-order valence-electron chi connectivity index (χ1n) is 11.0. The Kier molecular flexibility index (Phi) is 5.99. The Balaban J connectivity index is 1.51. The molecule has 0 unspecified atom stereocenters. The minimum atomic E-state index is -3.23. The number of benzene rings is 1. The molecule has 3 aromatic heterocycles. The number of thiazole rings is 1. The normalized spacial score (nSPS) is 14.8. The smallest absolute Gasteiger partial charge is 0.211 e. The summed E-state index contributed by atoms with van der Waals surface area (Å²) in [4.78, 5) is 22.9. The van der Waals surface area contributed by atoms with Crippen LogP contribution in [0.2, 0.25) is 0 Å². The lowest BCUT2D eigenvalue weighted by Crippen LogP contribution is -2.33. The maximum absolute atomic E-state index is 11.9. The first-order chi connectivity index (χ1) is 16.7. The van der Waals surface area contributed by atoms with E-state index in [-0.39, 0.29) is 5.69 Å². The number of hydrogen-bond acceptors (Lipinski definition) is 8. The minimum Gasteiger partial charge on any atom is -0.303 e. The summed E-state index contributed by atoms with van der Waals surface area (Å²) < 4.78 is 26.7. The molecule has 0 spiro atoms. The van der Waals surface area contributed by atoms with Gasteiger partial charge >= 0.3 is 0 Å². The zero-order valence-corrected chi connectivity index (χ0v) is 21.2. The van der Waals surface area contributed by atoms with Gasteiger partial charge in [0.2, 0.25) is 10.0 Å². The van der Waals surface area contributed by atoms with Crippen LogP contribution in [0.1, 0.15) is 28.2 Å². The maximum atomic E-state index is 11.9. The molecule has 4 heterocycles. The maximum Gasteiger partial charge on any atom is 0.211 e. The van der Waals surface area contributed by atoms with E-state index in [1.54, 1.807) is 4.52 Å². The second kappa shape index (κ2) is 8.99. The molecule has 0 bridgehead atoms. The summed E-state index contributed by atoms with van der Waals surface area (Å²) in [6.45, 7) is 2.76. The van der Waals surface area contributed by atoms with E-state index in [0.717, 1.165) is 28.8 Å². The molecule has 0 N–H and O–H groups in total. The second-order valence-electron chi connectivity index (χ2n) is 8.47. The Morgan fingerprint density at radius 3 is 2.51 bits per heavy atom. The van der Waals surface area contributed by atoms with Crippen LogP contribution in [0.15, 0.2) is 47.9 Å². The van der Waals surface area contributed by atoms with Crippen molar-refractivity contribution in [1.29, 1.82) is 0 Å². The summed E-state index contributed by atoms with van der Waals surface area (Å²) in [6, 6.07) is 11.8. The molecule has 0 amide bonds. The van der Waals surface area contributed by atoms with Gasteiger partial charge in [0, 0.05) is 31.1 Å². The van der Waals surface area contributed by atoms with E-state index >= 15 is 0 Å². The highest BCUT2D eigenvalue weighted by atomic mass is 32.2. The molecule has 180 valence electrons. The number of fused-ring (bicyclic) bond motifs is 1. The molecular weight excluding hydrogens is 484 g/mol. The molecule has 5 rings (SSSR count). The summed E-state index contributed by atoms with van der Waals surface area (Å²) in [6.07, 6.45) is 4.37. The first kappa shape index (κ1) is 23.3. The Morgan fingerprint density at radius 2 is 1.86 bits per heavy atom. The highest BCUT2D eigenvalue weighted by molar-refractivity contribution is 7.88. The van der Waals surface area contributed by atoms with Crippen LogP contribution in [0.3, 0.4) is 0 Å². The van der Waals surface area contributed by atoms with Gasteiger partial charge in [-0.25, -0.2) is 18.4 Å². The monoisotopic (exact) mass is 508 g/mol. The number of sulfonamides is 1. The predicted octanol–water partition coefficient (Wildman–Crippen LogP) is 3.79. The van der Waals surface area contributed by atoms with E-state index < -0.39 is 10.0 Å². The summed E-state index contributed by atoms with van der Waals surface area (Å²) >= 11 is 1.47. The molecule has 0 saturated carbocycles. The van der Waals surface area contributed by atoms with Crippen molar-refractivity contribution in [1.82, 2.24) is 23.9 Å². The first-order valence-corrected chi connectivity index (χ1v) is 13.7. The topological polar surface area (TPSA) is 101 Å². The zero-order valence-electron chi connectivity index (χ0n) is 19.5. The van der Waals surface area contributed by atoms with Gasteiger partial charge < -0.3 is 4.90 Å². The number of hydrogen-bond donors (Lipinski definition) is 0.